The lowest BCUT2D eigenvalue weighted by molar-refractivity contribution is -0.119. The first-order valence-electron chi connectivity index (χ1n) is 5.24. The van der Waals surface area contributed by atoms with Gasteiger partial charge in [-0.05, 0) is 19.4 Å². The maximum atomic E-state index is 11.4. The van der Waals surface area contributed by atoms with Gasteiger partial charge in [-0.1, -0.05) is 6.92 Å². The van der Waals surface area contributed by atoms with Crippen LogP contribution >= 0.6 is 12.4 Å². The lowest BCUT2D eigenvalue weighted by Crippen LogP contribution is -2.47. The van der Waals surface area contributed by atoms with Gasteiger partial charge in [-0.25, -0.2) is 8.42 Å². The Kier molecular flexibility index (Phi) is 6.94. The normalized spacial score (nSPS) is 20.9. The lowest BCUT2D eigenvalue weighted by Gasteiger charge is -2.23. The largest absolute Gasteiger partial charge is 0.351 e. The predicted octanol–water partition coefficient (Wildman–Crippen LogP) is -0.289. The van der Waals surface area contributed by atoms with Crippen LogP contribution in [0.15, 0.2) is 0 Å². The maximum absolute atomic E-state index is 11.4. The van der Waals surface area contributed by atoms with E-state index in [1.165, 1.54) is 0 Å². The first-order valence-corrected chi connectivity index (χ1v) is 7.06. The van der Waals surface area contributed by atoms with Crippen LogP contribution in [0.2, 0.25) is 0 Å². The maximum Gasteiger partial charge on any atom is 0.235 e. The van der Waals surface area contributed by atoms with Crippen LogP contribution in [-0.2, 0) is 14.6 Å². The molecule has 0 spiro atoms. The number of sulfone groups is 1. The molecule has 0 aliphatic carbocycles. The lowest BCUT2D eigenvalue weighted by atomic mass is 10.1. The minimum Gasteiger partial charge on any atom is -0.351 e. The average molecular weight is 271 g/mol. The van der Waals surface area contributed by atoms with E-state index < -0.39 is 9.84 Å². The van der Waals surface area contributed by atoms with Gasteiger partial charge in [0.2, 0.25) is 5.91 Å². The molecule has 1 saturated heterocycles. The summed E-state index contributed by atoms with van der Waals surface area (Å²) in [5.41, 5.74) is 0. The van der Waals surface area contributed by atoms with Crippen molar-refractivity contribution in [2.24, 2.45) is 0 Å². The Hall–Kier alpha value is -0.330. The summed E-state index contributed by atoms with van der Waals surface area (Å²) < 4.78 is 22.3. The van der Waals surface area contributed by atoms with Crippen LogP contribution in [0, 0.1) is 0 Å². The molecule has 0 bridgehead atoms. The van der Waals surface area contributed by atoms with Crippen LogP contribution in [0.5, 0.6) is 0 Å². The predicted molar refractivity (Wildman–Crippen MR) is 65.6 cm³/mol. The monoisotopic (exact) mass is 270 g/mol. The number of halogens is 1. The zero-order valence-corrected chi connectivity index (χ0v) is 11.0. The fourth-order valence-electron chi connectivity index (χ4n) is 1.55. The highest BCUT2D eigenvalue weighted by Crippen LogP contribution is 2.01. The van der Waals surface area contributed by atoms with Crippen molar-refractivity contribution in [3.63, 3.8) is 0 Å². The molecule has 5 nitrogen and oxygen atoms in total. The zero-order valence-electron chi connectivity index (χ0n) is 9.36. The fraction of sp³-hybridized carbons (Fsp3) is 0.889. The van der Waals surface area contributed by atoms with Crippen molar-refractivity contribution < 1.29 is 13.2 Å². The smallest absolute Gasteiger partial charge is 0.235 e. The van der Waals surface area contributed by atoms with Crippen LogP contribution in [0.25, 0.3) is 0 Å². The molecule has 0 radical (unpaired) electrons. The van der Waals surface area contributed by atoms with E-state index in [9.17, 15) is 13.2 Å². The second-order valence-corrected chi connectivity index (χ2v) is 6.14. The third kappa shape index (κ3) is 5.67. The van der Waals surface area contributed by atoms with E-state index in [0.29, 0.717) is 0 Å². The highest BCUT2D eigenvalue weighted by Gasteiger charge is 2.19. The van der Waals surface area contributed by atoms with Gasteiger partial charge in [0.1, 0.15) is 5.75 Å². The minimum absolute atomic E-state index is 0. The molecule has 96 valence electrons. The molecule has 1 rings (SSSR count). The van der Waals surface area contributed by atoms with E-state index >= 15 is 0 Å². The number of hydrogen-bond acceptors (Lipinski definition) is 4. The van der Waals surface area contributed by atoms with Crippen molar-refractivity contribution in [1.29, 1.82) is 0 Å². The second-order valence-electron chi connectivity index (χ2n) is 3.79. The quantitative estimate of drug-likeness (QED) is 0.736. The number of hydrogen-bond donors (Lipinski definition) is 2. The number of amides is 1. The summed E-state index contributed by atoms with van der Waals surface area (Å²) in [6.07, 6.45) is 1.94. The van der Waals surface area contributed by atoms with Crippen molar-refractivity contribution in [1.82, 2.24) is 10.6 Å². The van der Waals surface area contributed by atoms with Crippen molar-refractivity contribution in [3.05, 3.63) is 0 Å². The van der Waals surface area contributed by atoms with Crippen LogP contribution in [0.4, 0.5) is 0 Å². The molecule has 0 aromatic rings. The van der Waals surface area contributed by atoms with Gasteiger partial charge in [0.05, 0.1) is 0 Å². The molecular weight excluding hydrogens is 252 g/mol. The highest BCUT2D eigenvalue weighted by atomic mass is 35.5. The average Bonchev–Trinajstić information content (AvgIpc) is 2.18. The Bertz CT molecular complexity index is 313. The molecule has 1 aliphatic rings. The van der Waals surface area contributed by atoms with Crippen LogP contribution in [0.1, 0.15) is 19.8 Å². The molecular formula is C9H19ClN2O3S. The fourth-order valence-corrected chi connectivity index (χ4v) is 2.23. The van der Waals surface area contributed by atoms with Gasteiger partial charge in [-0.2, -0.15) is 0 Å². The van der Waals surface area contributed by atoms with Gasteiger partial charge in [-0.15, -0.1) is 12.4 Å². The first kappa shape index (κ1) is 15.7. The summed E-state index contributed by atoms with van der Waals surface area (Å²) in [4.78, 5) is 11.4. The SMILES string of the molecule is CCS(=O)(=O)CC(=O)N[C@H]1CCCNC1.Cl. The number of carbonyl (C=O) groups is 1. The van der Waals surface area contributed by atoms with E-state index in [1.54, 1.807) is 6.92 Å². The Labute approximate surface area is 103 Å². The molecule has 0 unspecified atom stereocenters. The standard InChI is InChI=1S/C9H18N2O3S.ClH/c1-2-15(13,14)7-9(12)11-8-4-3-5-10-6-8;/h8,10H,2-7H2,1H3,(H,11,12);1H/t8-;/m0./s1. The molecule has 16 heavy (non-hydrogen) atoms. The summed E-state index contributed by atoms with van der Waals surface area (Å²) in [5, 5.41) is 5.88. The summed E-state index contributed by atoms with van der Waals surface area (Å²) in [5.74, 6) is -0.755. The Morgan fingerprint density at radius 1 is 1.50 bits per heavy atom. The van der Waals surface area contributed by atoms with Gasteiger partial charge in [0, 0.05) is 18.3 Å². The number of nitrogens with one attached hydrogen (secondary N) is 2. The van der Waals surface area contributed by atoms with E-state index in [0.717, 1.165) is 25.9 Å². The minimum atomic E-state index is -3.20. The number of piperidine rings is 1. The first-order chi connectivity index (χ1) is 7.03. The van der Waals surface area contributed by atoms with Gasteiger partial charge in [-0.3, -0.25) is 4.79 Å². The molecule has 0 aromatic heterocycles. The Balaban J connectivity index is 0.00000225. The Morgan fingerprint density at radius 3 is 2.69 bits per heavy atom. The third-order valence-corrected chi connectivity index (χ3v) is 4.03. The summed E-state index contributed by atoms with van der Waals surface area (Å²) in [6.45, 7) is 3.25. The van der Waals surface area contributed by atoms with Crippen molar-refractivity contribution in [2.75, 3.05) is 24.6 Å². The van der Waals surface area contributed by atoms with Crippen molar-refractivity contribution in [2.45, 2.75) is 25.8 Å². The second kappa shape index (κ2) is 7.09. The van der Waals surface area contributed by atoms with E-state index in [-0.39, 0.29) is 35.9 Å². The number of rotatable bonds is 4. The molecule has 1 aliphatic heterocycles. The summed E-state index contributed by atoms with van der Waals surface area (Å²) in [6, 6.07) is 0.0818. The summed E-state index contributed by atoms with van der Waals surface area (Å²) in [7, 11) is -3.20. The van der Waals surface area contributed by atoms with Gasteiger partial charge < -0.3 is 10.6 Å². The van der Waals surface area contributed by atoms with Crippen molar-refractivity contribution >= 4 is 28.2 Å². The molecule has 1 heterocycles. The molecule has 7 heteroatoms. The van der Waals surface area contributed by atoms with Crippen LogP contribution < -0.4 is 10.6 Å². The molecule has 0 aromatic carbocycles. The van der Waals surface area contributed by atoms with Gasteiger partial charge >= 0.3 is 0 Å². The topological polar surface area (TPSA) is 75.3 Å². The van der Waals surface area contributed by atoms with E-state index in [2.05, 4.69) is 10.6 Å². The Morgan fingerprint density at radius 2 is 2.19 bits per heavy atom. The molecule has 2 N–H and O–H groups in total. The highest BCUT2D eigenvalue weighted by molar-refractivity contribution is 7.92. The molecule has 1 atom stereocenters. The third-order valence-electron chi connectivity index (χ3n) is 2.45. The van der Waals surface area contributed by atoms with Gasteiger partial charge in [0.25, 0.3) is 0 Å². The molecule has 1 amide bonds. The van der Waals surface area contributed by atoms with Crippen molar-refractivity contribution in [3.8, 4) is 0 Å². The summed E-state index contributed by atoms with van der Waals surface area (Å²) >= 11 is 0. The van der Waals surface area contributed by atoms with Crippen LogP contribution in [0.3, 0.4) is 0 Å². The zero-order chi connectivity index (χ0) is 11.3. The van der Waals surface area contributed by atoms with E-state index in [4.69, 9.17) is 0 Å². The van der Waals surface area contributed by atoms with E-state index in [1.807, 2.05) is 0 Å². The molecule has 1 fully saturated rings. The van der Waals surface area contributed by atoms with Gasteiger partial charge in [0.15, 0.2) is 9.84 Å². The van der Waals surface area contributed by atoms with Crippen LogP contribution in [-0.4, -0.2) is 45.0 Å². The number of carbonyl (C=O) groups excluding carboxylic acids is 1. The molecule has 0 saturated carbocycles.